The van der Waals surface area contributed by atoms with Crippen LogP contribution in [-0.4, -0.2) is 13.4 Å². The molecule has 0 fully saturated rings. The number of hydrogen-bond donors (Lipinski definition) is 2. The fourth-order valence-electron chi connectivity index (χ4n) is 2.04. The average Bonchev–Trinajstić information content (AvgIpc) is 2.47. The van der Waals surface area contributed by atoms with E-state index in [9.17, 15) is 8.42 Å². The molecule has 3 rings (SSSR count). The van der Waals surface area contributed by atoms with Crippen LogP contribution in [0, 0.1) is 0 Å². The largest absolute Gasteiger partial charge is 0.399 e. The first-order chi connectivity index (χ1) is 10.0. The molecule has 1 heterocycles. The van der Waals surface area contributed by atoms with Crippen molar-refractivity contribution in [2.75, 3.05) is 10.5 Å². The van der Waals surface area contributed by atoms with E-state index in [-0.39, 0.29) is 4.90 Å². The summed E-state index contributed by atoms with van der Waals surface area (Å²) in [7, 11) is -3.65. The zero-order valence-corrected chi connectivity index (χ0v) is 11.8. The summed E-state index contributed by atoms with van der Waals surface area (Å²) in [4.78, 5) is 4.16. The van der Waals surface area contributed by atoms with Gasteiger partial charge in [-0.1, -0.05) is 12.1 Å². The lowest BCUT2D eigenvalue weighted by Gasteiger charge is -2.09. The first-order valence-corrected chi connectivity index (χ1v) is 7.75. The molecule has 0 saturated heterocycles. The Bertz CT molecular complexity index is 907. The van der Waals surface area contributed by atoms with Gasteiger partial charge in [0.25, 0.3) is 10.0 Å². The molecule has 0 atom stereocenters. The number of benzene rings is 2. The van der Waals surface area contributed by atoms with Crippen LogP contribution in [0.3, 0.4) is 0 Å². The molecule has 3 N–H and O–H groups in total. The maximum atomic E-state index is 12.3. The highest BCUT2D eigenvalue weighted by Crippen LogP contribution is 2.21. The molecule has 21 heavy (non-hydrogen) atoms. The number of rotatable bonds is 3. The second-order valence-corrected chi connectivity index (χ2v) is 6.30. The summed E-state index contributed by atoms with van der Waals surface area (Å²) >= 11 is 0. The summed E-state index contributed by atoms with van der Waals surface area (Å²) < 4.78 is 27.2. The van der Waals surface area contributed by atoms with E-state index >= 15 is 0 Å². The van der Waals surface area contributed by atoms with Gasteiger partial charge in [-0.05, 0) is 41.8 Å². The van der Waals surface area contributed by atoms with E-state index in [0.717, 1.165) is 10.8 Å². The number of pyridine rings is 1. The van der Waals surface area contributed by atoms with E-state index < -0.39 is 10.0 Å². The molecule has 0 radical (unpaired) electrons. The van der Waals surface area contributed by atoms with Crippen LogP contribution in [0.4, 0.5) is 11.4 Å². The Labute approximate surface area is 122 Å². The van der Waals surface area contributed by atoms with E-state index in [1.165, 1.54) is 12.1 Å². The van der Waals surface area contributed by atoms with Crippen LogP contribution >= 0.6 is 0 Å². The zero-order valence-electron chi connectivity index (χ0n) is 11.0. The molecule has 1 aromatic heterocycles. The standard InChI is InChI=1S/C15H13N3O2S/c16-13-2-1-3-15(9-13)21(19,20)18-14-5-4-12-10-17-7-6-11(12)8-14/h1-10,18H,16H2. The number of sulfonamides is 1. The molecule has 5 nitrogen and oxygen atoms in total. The minimum atomic E-state index is -3.65. The molecule has 0 aliphatic heterocycles. The third kappa shape index (κ3) is 2.80. The van der Waals surface area contributed by atoms with Crippen molar-refractivity contribution in [1.82, 2.24) is 4.98 Å². The van der Waals surface area contributed by atoms with Crippen molar-refractivity contribution in [3.8, 4) is 0 Å². The van der Waals surface area contributed by atoms with Gasteiger partial charge < -0.3 is 5.73 Å². The van der Waals surface area contributed by atoms with Gasteiger partial charge in [0.05, 0.1) is 4.90 Å². The molecule has 0 saturated carbocycles. The van der Waals surface area contributed by atoms with Crippen molar-refractivity contribution in [3.63, 3.8) is 0 Å². The highest BCUT2D eigenvalue weighted by atomic mass is 32.2. The Morgan fingerprint density at radius 3 is 2.67 bits per heavy atom. The zero-order chi connectivity index (χ0) is 14.9. The van der Waals surface area contributed by atoms with Gasteiger partial charge in [-0.15, -0.1) is 0 Å². The summed E-state index contributed by atoms with van der Waals surface area (Å²) in [6.45, 7) is 0. The predicted molar refractivity (Wildman–Crippen MR) is 83.4 cm³/mol. The molecule has 106 valence electrons. The van der Waals surface area contributed by atoms with Crippen molar-refractivity contribution in [1.29, 1.82) is 0 Å². The van der Waals surface area contributed by atoms with Crippen LogP contribution in [-0.2, 0) is 10.0 Å². The Hall–Kier alpha value is -2.60. The van der Waals surface area contributed by atoms with Gasteiger partial charge in [-0.2, -0.15) is 0 Å². The summed E-state index contributed by atoms with van der Waals surface area (Å²) in [6, 6.07) is 13.3. The second kappa shape index (κ2) is 5.06. The van der Waals surface area contributed by atoms with E-state index in [0.29, 0.717) is 11.4 Å². The van der Waals surface area contributed by atoms with Crippen molar-refractivity contribution >= 4 is 32.2 Å². The summed E-state index contributed by atoms with van der Waals surface area (Å²) in [5, 5.41) is 1.86. The molecule has 0 aliphatic rings. The van der Waals surface area contributed by atoms with E-state index in [2.05, 4.69) is 9.71 Å². The maximum Gasteiger partial charge on any atom is 0.261 e. The number of anilines is 2. The highest BCUT2D eigenvalue weighted by Gasteiger charge is 2.14. The van der Waals surface area contributed by atoms with E-state index in [4.69, 9.17) is 5.73 Å². The molecule has 0 bridgehead atoms. The van der Waals surface area contributed by atoms with Gasteiger partial charge in [-0.3, -0.25) is 9.71 Å². The van der Waals surface area contributed by atoms with Gasteiger partial charge in [0.2, 0.25) is 0 Å². The lowest BCUT2D eigenvalue weighted by Crippen LogP contribution is -2.13. The van der Waals surface area contributed by atoms with Crippen molar-refractivity contribution in [3.05, 3.63) is 60.9 Å². The molecular weight excluding hydrogens is 286 g/mol. The maximum absolute atomic E-state index is 12.3. The Morgan fingerprint density at radius 1 is 1.00 bits per heavy atom. The molecule has 0 spiro atoms. The van der Waals surface area contributed by atoms with Crippen molar-refractivity contribution in [2.24, 2.45) is 0 Å². The summed E-state index contributed by atoms with van der Waals surface area (Å²) in [5.74, 6) is 0. The summed E-state index contributed by atoms with van der Waals surface area (Å²) in [6.07, 6.45) is 3.39. The molecule has 0 aliphatic carbocycles. The molecule has 0 amide bonds. The van der Waals surface area contributed by atoms with Crippen molar-refractivity contribution in [2.45, 2.75) is 4.90 Å². The molecule has 3 aromatic rings. The topological polar surface area (TPSA) is 85.1 Å². The van der Waals surface area contributed by atoms with E-state index in [1.54, 1.807) is 36.7 Å². The fraction of sp³-hybridized carbons (Fsp3) is 0. The Morgan fingerprint density at radius 2 is 1.86 bits per heavy atom. The molecule has 2 aromatic carbocycles. The molecule has 0 unspecified atom stereocenters. The van der Waals surface area contributed by atoms with Crippen LogP contribution in [0.25, 0.3) is 10.8 Å². The predicted octanol–water partition coefficient (Wildman–Crippen LogP) is 2.62. The number of nitrogens with one attached hydrogen (secondary N) is 1. The normalized spacial score (nSPS) is 11.4. The van der Waals surface area contributed by atoms with E-state index in [1.807, 2.05) is 12.1 Å². The monoisotopic (exact) mass is 299 g/mol. The number of aromatic nitrogens is 1. The number of nitrogens with two attached hydrogens (primary N) is 1. The number of hydrogen-bond acceptors (Lipinski definition) is 4. The van der Waals surface area contributed by atoms with Gasteiger partial charge >= 0.3 is 0 Å². The van der Waals surface area contributed by atoms with Gasteiger partial charge in [-0.25, -0.2) is 8.42 Å². The second-order valence-electron chi connectivity index (χ2n) is 4.62. The Balaban J connectivity index is 1.97. The van der Waals surface area contributed by atoms with Crippen LogP contribution in [0.15, 0.2) is 65.8 Å². The lowest BCUT2D eigenvalue weighted by molar-refractivity contribution is 0.601. The number of nitrogen functional groups attached to an aromatic ring is 1. The van der Waals surface area contributed by atoms with Crippen LogP contribution in [0.2, 0.25) is 0 Å². The van der Waals surface area contributed by atoms with Crippen LogP contribution in [0.1, 0.15) is 0 Å². The van der Waals surface area contributed by atoms with Gasteiger partial charge in [0.1, 0.15) is 0 Å². The third-order valence-electron chi connectivity index (χ3n) is 3.06. The fourth-order valence-corrected chi connectivity index (χ4v) is 3.15. The van der Waals surface area contributed by atoms with Crippen LogP contribution in [0.5, 0.6) is 0 Å². The molecule has 6 heteroatoms. The molecular formula is C15H13N3O2S. The average molecular weight is 299 g/mol. The van der Waals surface area contributed by atoms with Crippen molar-refractivity contribution < 1.29 is 8.42 Å². The number of nitrogens with zero attached hydrogens (tertiary/aromatic N) is 1. The quantitative estimate of drug-likeness (QED) is 0.728. The summed E-state index contributed by atoms with van der Waals surface area (Å²) in [5.41, 5.74) is 6.53. The highest BCUT2D eigenvalue weighted by molar-refractivity contribution is 7.92. The van der Waals surface area contributed by atoms with Gasteiger partial charge in [0, 0.05) is 29.2 Å². The number of fused-ring (bicyclic) bond motifs is 1. The Kier molecular flexibility index (Phi) is 3.23. The lowest BCUT2D eigenvalue weighted by atomic mass is 10.2. The smallest absolute Gasteiger partial charge is 0.261 e. The third-order valence-corrected chi connectivity index (χ3v) is 4.44. The minimum Gasteiger partial charge on any atom is -0.399 e. The SMILES string of the molecule is Nc1cccc(S(=O)(=O)Nc2ccc3cnccc3c2)c1. The first kappa shape index (κ1) is 13.4. The van der Waals surface area contributed by atoms with Crippen LogP contribution < -0.4 is 10.5 Å². The van der Waals surface area contributed by atoms with Gasteiger partial charge in [0.15, 0.2) is 0 Å². The first-order valence-electron chi connectivity index (χ1n) is 6.27. The minimum absolute atomic E-state index is 0.136.